The summed E-state index contributed by atoms with van der Waals surface area (Å²) in [4.78, 5) is 12.4. The molecule has 0 aromatic heterocycles. The molecule has 28 heavy (non-hydrogen) atoms. The van der Waals surface area contributed by atoms with Gasteiger partial charge < -0.3 is 5.32 Å². The van der Waals surface area contributed by atoms with Crippen LogP contribution in [0.5, 0.6) is 0 Å². The number of hydrogen-bond acceptors (Lipinski definition) is 5. The van der Waals surface area contributed by atoms with E-state index in [-0.39, 0.29) is 27.8 Å². The lowest BCUT2D eigenvalue weighted by molar-refractivity contribution is -0.115. The van der Waals surface area contributed by atoms with E-state index in [0.717, 1.165) is 0 Å². The van der Waals surface area contributed by atoms with Gasteiger partial charge in [0, 0.05) is 18.7 Å². The summed E-state index contributed by atoms with van der Waals surface area (Å²) in [6, 6.07) is 12.4. The minimum atomic E-state index is -3.56. The van der Waals surface area contributed by atoms with E-state index < -0.39 is 25.8 Å². The normalized spacial score (nSPS) is 16.1. The van der Waals surface area contributed by atoms with Crippen molar-refractivity contribution in [2.75, 3.05) is 27.7 Å². The quantitative estimate of drug-likeness (QED) is 0.741. The second kappa shape index (κ2) is 8.10. The van der Waals surface area contributed by atoms with Crippen LogP contribution >= 0.6 is 11.6 Å². The number of amides is 1. The summed E-state index contributed by atoms with van der Waals surface area (Å²) in [6.07, 6.45) is 0.282. The van der Waals surface area contributed by atoms with E-state index >= 15 is 0 Å². The third kappa shape index (κ3) is 4.65. The lowest BCUT2D eigenvalue weighted by Gasteiger charge is -2.19. The van der Waals surface area contributed by atoms with Crippen LogP contribution in [-0.4, -0.2) is 40.8 Å². The molecule has 0 bridgehead atoms. The highest BCUT2D eigenvalue weighted by molar-refractivity contribution is 7.93. The highest BCUT2D eigenvalue weighted by Crippen LogP contribution is 2.33. The molecule has 1 aliphatic rings. The van der Waals surface area contributed by atoms with Crippen molar-refractivity contribution in [1.82, 2.24) is 0 Å². The number of sulfonamides is 1. The molecular weight excluding hydrogens is 424 g/mol. The van der Waals surface area contributed by atoms with Crippen LogP contribution in [0.2, 0.25) is 5.02 Å². The smallest absolute Gasteiger partial charge is 0.235 e. The van der Waals surface area contributed by atoms with Gasteiger partial charge in [0.1, 0.15) is 0 Å². The van der Waals surface area contributed by atoms with Gasteiger partial charge in [0.25, 0.3) is 0 Å². The summed E-state index contributed by atoms with van der Waals surface area (Å²) in [5, 5.41) is 2.86. The Morgan fingerprint density at radius 3 is 2.50 bits per heavy atom. The summed E-state index contributed by atoms with van der Waals surface area (Å²) < 4.78 is 50.0. The Morgan fingerprint density at radius 1 is 1.14 bits per heavy atom. The van der Waals surface area contributed by atoms with Gasteiger partial charge in [-0.15, -0.1) is 0 Å². The molecule has 1 heterocycles. The van der Waals surface area contributed by atoms with Crippen LogP contribution in [0.4, 0.5) is 11.4 Å². The first-order valence-electron chi connectivity index (χ1n) is 8.57. The molecule has 3 rings (SSSR count). The van der Waals surface area contributed by atoms with Gasteiger partial charge in [-0.25, -0.2) is 16.8 Å². The maximum absolute atomic E-state index is 12.3. The Hall–Kier alpha value is -2.10. The molecule has 2 aromatic rings. The number of carbonyl (C=O) groups is 1. The van der Waals surface area contributed by atoms with Gasteiger partial charge in [-0.1, -0.05) is 29.8 Å². The van der Waals surface area contributed by atoms with Crippen molar-refractivity contribution in [2.24, 2.45) is 0 Å². The Bertz CT molecular complexity index is 1090. The van der Waals surface area contributed by atoms with Gasteiger partial charge in [-0.3, -0.25) is 9.10 Å². The molecule has 7 nitrogen and oxygen atoms in total. The van der Waals surface area contributed by atoms with E-state index in [1.807, 2.05) is 0 Å². The molecule has 150 valence electrons. The number of hydrogen-bond donors (Lipinski definition) is 1. The second-order valence-electron chi connectivity index (χ2n) is 6.34. The first kappa shape index (κ1) is 20.6. The Balaban J connectivity index is 1.69. The topological polar surface area (TPSA) is 101 Å². The molecule has 1 saturated heterocycles. The van der Waals surface area contributed by atoms with E-state index in [0.29, 0.717) is 24.3 Å². The predicted octanol–water partition coefficient (Wildman–Crippen LogP) is 2.68. The fourth-order valence-electron chi connectivity index (χ4n) is 2.89. The highest BCUT2D eigenvalue weighted by Gasteiger charge is 2.30. The SMILES string of the molecule is O=C(CCS(=O)(=O)c1ccccc1)Nc1ccc(Cl)c(N2CCCS2(=O)=O)c1. The molecule has 0 atom stereocenters. The molecule has 0 radical (unpaired) electrons. The number of rotatable bonds is 6. The fraction of sp³-hybridized carbons (Fsp3) is 0.278. The number of carbonyl (C=O) groups excluding carboxylic acids is 1. The van der Waals surface area contributed by atoms with Crippen LogP contribution in [0.3, 0.4) is 0 Å². The molecule has 1 aliphatic heterocycles. The van der Waals surface area contributed by atoms with Gasteiger partial charge in [-0.05, 0) is 36.8 Å². The van der Waals surface area contributed by atoms with E-state index in [4.69, 9.17) is 11.6 Å². The number of benzene rings is 2. The molecule has 1 amide bonds. The molecule has 1 N–H and O–H groups in total. The summed E-state index contributed by atoms with van der Waals surface area (Å²) in [5.74, 6) is -0.766. The Labute approximate surface area is 169 Å². The van der Waals surface area contributed by atoms with E-state index in [1.165, 1.54) is 34.6 Å². The zero-order chi connectivity index (χ0) is 20.4. The van der Waals surface area contributed by atoms with Crippen LogP contribution < -0.4 is 9.62 Å². The molecule has 0 unspecified atom stereocenters. The maximum Gasteiger partial charge on any atom is 0.235 e. The first-order chi connectivity index (χ1) is 13.2. The monoisotopic (exact) mass is 442 g/mol. The van der Waals surface area contributed by atoms with Gasteiger partial charge in [0.15, 0.2) is 9.84 Å². The van der Waals surface area contributed by atoms with Crippen LogP contribution in [0.15, 0.2) is 53.4 Å². The van der Waals surface area contributed by atoms with Gasteiger partial charge in [0.2, 0.25) is 15.9 Å². The van der Waals surface area contributed by atoms with Crippen molar-refractivity contribution in [3.8, 4) is 0 Å². The van der Waals surface area contributed by atoms with Crippen LogP contribution in [0, 0.1) is 0 Å². The molecule has 2 aromatic carbocycles. The highest BCUT2D eigenvalue weighted by atomic mass is 35.5. The van der Waals surface area contributed by atoms with Crippen LogP contribution in [0.25, 0.3) is 0 Å². The van der Waals surface area contributed by atoms with Crippen molar-refractivity contribution in [3.05, 3.63) is 53.6 Å². The van der Waals surface area contributed by atoms with E-state index in [2.05, 4.69) is 5.32 Å². The van der Waals surface area contributed by atoms with E-state index in [1.54, 1.807) is 18.2 Å². The maximum atomic E-state index is 12.3. The molecule has 1 fully saturated rings. The summed E-state index contributed by atoms with van der Waals surface area (Å²) in [5.41, 5.74) is 0.650. The van der Waals surface area contributed by atoms with Gasteiger partial charge >= 0.3 is 0 Å². The summed E-state index contributed by atoms with van der Waals surface area (Å²) >= 11 is 6.13. The first-order valence-corrected chi connectivity index (χ1v) is 12.2. The van der Waals surface area contributed by atoms with Crippen molar-refractivity contribution in [2.45, 2.75) is 17.7 Å². The molecule has 0 aliphatic carbocycles. The molecule has 0 saturated carbocycles. The number of halogens is 1. The predicted molar refractivity (Wildman–Crippen MR) is 109 cm³/mol. The summed E-state index contributed by atoms with van der Waals surface area (Å²) in [6.45, 7) is 0.328. The third-order valence-corrected chi connectivity index (χ3v) is 8.21. The Kier molecular flexibility index (Phi) is 5.97. The lowest BCUT2D eigenvalue weighted by Crippen LogP contribution is -2.25. The van der Waals surface area contributed by atoms with Gasteiger partial charge in [0.05, 0.1) is 27.1 Å². The zero-order valence-corrected chi connectivity index (χ0v) is 17.2. The second-order valence-corrected chi connectivity index (χ2v) is 10.9. The van der Waals surface area contributed by atoms with Crippen LogP contribution in [-0.2, 0) is 24.7 Å². The van der Waals surface area contributed by atoms with E-state index in [9.17, 15) is 21.6 Å². The van der Waals surface area contributed by atoms with Gasteiger partial charge in [-0.2, -0.15) is 0 Å². The lowest BCUT2D eigenvalue weighted by atomic mass is 10.2. The van der Waals surface area contributed by atoms with Crippen molar-refractivity contribution in [3.63, 3.8) is 0 Å². The number of sulfone groups is 1. The number of nitrogens with zero attached hydrogens (tertiary/aromatic N) is 1. The average molecular weight is 443 g/mol. The molecule has 0 spiro atoms. The zero-order valence-electron chi connectivity index (χ0n) is 14.8. The molecular formula is C18H19ClN2O5S2. The van der Waals surface area contributed by atoms with Crippen molar-refractivity contribution < 1.29 is 21.6 Å². The third-order valence-electron chi connectivity index (χ3n) is 4.30. The Morgan fingerprint density at radius 2 is 1.86 bits per heavy atom. The van der Waals surface area contributed by atoms with Crippen LogP contribution in [0.1, 0.15) is 12.8 Å². The number of anilines is 2. The van der Waals surface area contributed by atoms with Crippen molar-refractivity contribution in [1.29, 1.82) is 0 Å². The summed E-state index contributed by atoms with van der Waals surface area (Å²) in [7, 11) is -6.97. The number of nitrogens with one attached hydrogen (secondary N) is 1. The standard InChI is InChI=1S/C18H19ClN2O5S2/c19-16-8-7-14(13-17(16)21-10-4-11-28(21,25)26)20-18(22)9-12-27(23,24)15-5-2-1-3-6-15/h1-3,5-8,13H,4,9-12H2,(H,20,22). The fourth-order valence-corrected chi connectivity index (χ4v) is 5.99. The molecule has 10 heteroatoms. The largest absolute Gasteiger partial charge is 0.326 e. The minimum absolute atomic E-state index is 0.0528. The minimum Gasteiger partial charge on any atom is -0.326 e. The average Bonchev–Trinajstić information content (AvgIpc) is 3.01. The van der Waals surface area contributed by atoms with Crippen molar-refractivity contribution >= 4 is 48.7 Å².